The van der Waals surface area contributed by atoms with Crippen LogP contribution in [0.3, 0.4) is 0 Å². The Morgan fingerprint density at radius 3 is 2.74 bits per heavy atom. The molecule has 2 aliphatic rings. The van der Waals surface area contributed by atoms with Crippen molar-refractivity contribution in [3.63, 3.8) is 0 Å². The summed E-state index contributed by atoms with van der Waals surface area (Å²) in [6.45, 7) is 1.72. The van der Waals surface area contributed by atoms with Gasteiger partial charge in [-0.2, -0.15) is 5.26 Å². The van der Waals surface area contributed by atoms with Gasteiger partial charge in [-0.15, -0.1) is 0 Å². The van der Waals surface area contributed by atoms with Gasteiger partial charge in [0, 0.05) is 37.6 Å². The summed E-state index contributed by atoms with van der Waals surface area (Å²) in [5, 5.41) is 12.6. The number of rotatable bonds is 2. The van der Waals surface area contributed by atoms with Gasteiger partial charge in [0.25, 0.3) is 0 Å². The Bertz CT molecular complexity index is 772. The van der Waals surface area contributed by atoms with Gasteiger partial charge in [-0.05, 0) is 25.0 Å². The molecule has 2 N–H and O–H groups in total. The summed E-state index contributed by atoms with van der Waals surface area (Å²) in [6, 6.07) is 4.95. The number of fused-ring (bicyclic) bond motifs is 3. The smallest absolute Gasteiger partial charge is 0.211 e. The first-order chi connectivity index (χ1) is 11.2. The highest BCUT2D eigenvalue weighted by Crippen LogP contribution is 2.51. The average Bonchev–Trinajstić information content (AvgIpc) is 2.95. The first-order valence-corrected chi connectivity index (χ1v) is 8.04. The molecular weight excluding hydrogens is 295 g/mol. The van der Waals surface area contributed by atoms with Crippen LogP contribution in [0.4, 0.5) is 4.39 Å². The van der Waals surface area contributed by atoms with Gasteiger partial charge in [0.2, 0.25) is 5.82 Å². The van der Waals surface area contributed by atoms with Gasteiger partial charge in [-0.1, -0.05) is 6.42 Å². The molecule has 2 bridgehead atoms. The van der Waals surface area contributed by atoms with E-state index in [1.807, 2.05) is 6.07 Å². The Balaban J connectivity index is 1.99. The zero-order chi connectivity index (χ0) is 16.0. The number of benzene rings is 1. The van der Waals surface area contributed by atoms with Crippen LogP contribution in [0.1, 0.15) is 30.7 Å². The summed E-state index contributed by atoms with van der Waals surface area (Å²) in [6.07, 6.45) is 3.26. The third kappa shape index (κ3) is 2.00. The van der Waals surface area contributed by atoms with E-state index in [0.29, 0.717) is 11.0 Å². The Hall–Kier alpha value is -1.97. The quantitative estimate of drug-likeness (QED) is 0.893. The number of H-pyrrole nitrogens is 1. The van der Waals surface area contributed by atoms with Crippen molar-refractivity contribution in [3.8, 4) is 6.07 Å². The summed E-state index contributed by atoms with van der Waals surface area (Å²) in [7, 11) is 1.71. The van der Waals surface area contributed by atoms with Crippen LogP contribution in [0, 0.1) is 29.0 Å². The Morgan fingerprint density at radius 2 is 2.09 bits per heavy atom. The van der Waals surface area contributed by atoms with Crippen LogP contribution in [0.25, 0.3) is 11.0 Å². The molecule has 2 heterocycles. The fourth-order valence-electron chi connectivity index (χ4n) is 4.63. The highest BCUT2D eigenvalue weighted by atomic mass is 19.1. The van der Waals surface area contributed by atoms with Gasteiger partial charge in [-0.3, -0.25) is 0 Å². The maximum Gasteiger partial charge on any atom is 0.211 e. The van der Waals surface area contributed by atoms with Crippen LogP contribution >= 0.6 is 0 Å². The molecular formula is C17H19FN4O. The lowest BCUT2D eigenvalue weighted by Gasteiger charge is -2.52. The second kappa shape index (κ2) is 5.29. The van der Waals surface area contributed by atoms with Crippen molar-refractivity contribution in [3.05, 3.63) is 29.3 Å². The van der Waals surface area contributed by atoms with Gasteiger partial charge >= 0.3 is 0 Å². The van der Waals surface area contributed by atoms with Crippen LogP contribution in [0.2, 0.25) is 0 Å². The minimum absolute atomic E-state index is 0.206. The number of nitriles is 1. The summed E-state index contributed by atoms with van der Waals surface area (Å²) in [5.74, 6) is 0.449. The van der Waals surface area contributed by atoms with E-state index in [9.17, 15) is 4.39 Å². The van der Waals surface area contributed by atoms with E-state index in [0.717, 1.165) is 31.5 Å². The summed E-state index contributed by atoms with van der Waals surface area (Å²) >= 11 is 0. The molecule has 2 atom stereocenters. The molecule has 2 fully saturated rings. The lowest BCUT2D eigenvalue weighted by Crippen LogP contribution is -2.58. The lowest BCUT2D eigenvalue weighted by molar-refractivity contribution is -0.143. The summed E-state index contributed by atoms with van der Waals surface area (Å²) < 4.78 is 20.3. The fraction of sp³-hybridized carbons (Fsp3) is 0.529. The Kier molecular flexibility index (Phi) is 3.36. The van der Waals surface area contributed by atoms with E-state index in [-0.39, 0.29) is 23.5 Å². The Labute approximate surface area is 133 Å². The monoisotopic (exact) mass is 314 g/mol. The zero-order valence-electron chi connectivity index (χ0n) is 13.0. The molecule has 23 heavy (non-hydrogen) atoms. The minimum atomic E-state index is -0.536. The highest BCUT2D eigenvalue weighted by molar-refractivity contribution is 5.80. The van der Waals surface area contributed by atoms with Crippen molar-refractivity contribution in [2.45, 2.75) is 24.9 Å². The standard InChI is InChI=1S/C17H19FN4O/c1-23-17(10-3-2-4-11(17)9-20-8-10)13-5-12(18)6-14-16(13)22-15(7-19)21-14/h5-6,10-11,20H,2-4,8-9H2,1H3,(H,21,22). The lowest BCUT2D eigenvalue weighted by atomic mass is 9.62. The third-order valence-corrected chi connectivity index (χ3v) is 5.52. The second-order valence-corrected chi connectivity index (χ2v) is 6.53. The van der Waals surface area contributed by atoms with Crippen molar-refractivity contribution in [2.24, 2.45) is 11.8 Å². The molecule has 1 aliphatic carbocycles. The summed E-state index contributed by atoms with van der Waals surface area (Å²) in [4.78, 5) is 7.27. The van der Waals surface area contributed by atoms with E-state index in [4.69, 9.17) is 10.00 Å². The maximum absolute atomic E-state index is 14.2. The fourth-order valence-corrected chi connectivity index (χ4v) is 4.63. The molecule has 2 unspecified atom stereocenters. The van der Waals surface area contributed by atoms with Gasteiger partial charge in [0.1, 0.15) is 17.5 Å². The second-order valence-electron chi connectivity index (χ2n) is 6.53. The number of hydrogen-bond acceptors (Lipinski definition) is 4. The first kappa shape index (κ1) is 14.6. The number of aromatic nitrogens is 2. The topological polar surface area (TPSA) is 73.7 Å². The molecule has 2 aromatic rings. The molecule has 1 aromatic carbocycles. The predicted octanol–water partition coefficient (Wildman–Crippen LogP) is 2.43. The number of piperidine rings is 1. The number of ether oxygens (including phenoxy) is 1. The van der Waals surface area contributed by atoms with Crippen molar-refractivity contribution >= 4 is 11.0 Å². The van der Waals surface area contributed by atoms with Crippen LogP contribution in [0.15, 0.2) is 12.1 Å². The SMILES string of the molecule is COC1(c2cc(F)cc3[nH]c(C#N)nc23)C2CCCC1CNC2. The molecule has 1 aliphatic heterocycles. The van der Waals surface area contributed by atoms with Crippen LogP contribution in [-0.4, -0.2) is 30.2 Å². The molecule has 0 radical (unpaired) electrons. The highest BCUT2D eigenvalue weighted by Gasteiger charge is 2.52. The van der Waals surface area contributed by atoms with Crippen molar-refractivity contribution in [2.75, 3.05) is 20.2 Å². The number of imidazole rings is 1. The number of aromatic amines is 1. The molecule has 5 nitrogen and oxygen atoms in total. The molecule has 1 saturated carbocycles. The van der Waals surface area contributed by atoms with E-state index in [1.54, 1.807) is 13.2 Å². The maximum atomic E-state index is 14.2. The molecule has 4 rings (SSSR count). The molecule has 0 spiro atoms. The van der Waals surface area contributed by atoms with Crippen molar-refractivity contribution in [1.29, 1.82) is 5.26 Å². The van der Waals surface area contributed by atoms with Crippen LogP contribution in [0.5, 0.6) is 0 Å². The largest absolute Gasteiger partial charge is 0.373 e. The normalized spacial score (nSPS) is 30.3. The number of nitrogens with one attached hydrogen (secondary N) is 2. The van der Waals surface area contributed by atoms with E-state index in [2.05, 4.69) is 15.3 Å². The number of nitrogens with zero attached hydrogens (tertiary/aromatic N) is 2. The molecule has 1 aromatic heterocycles. The predicted molar refractivity (Wildman–Crippen MR) is 83.2 cm³/mol. The molecule has 6 heteroatoms. The van der Waals surface area contributed by atoms with Gasteiger partial charge in [0.15, 0.2) is 0 Å². The molecule has 1 saturated heterocycles. The average molecular weight is 314 g/mol. The van der Waals surface area contributed by atoms with E-state index >= 15 is 0 Å². The number of halogens is 1. The first-order valence-electron chi connectivity index (χ1n) is 8.04. The van der Waals surface area contributed by atoms with Gasteiger partial charge in [0.05, 0.1) is 11.0 Å². The molecule has 120 valence electrons. The van der Waals surface area contributed by atoms with Crippen molar-refractivity contribution < 1.29 is 9.13 Å². The zero-order valence-corrected chi connectivity index (χ0v) is 13.0. The summed E-state index contributed by atoms with van der Waals surface area (Å²) in [5.41, 5.74) is 1.46. The minimum Gasteiger partial charge on any atom is -0.373 e. The number of hydrogen-bond donors (Lipinski definition) is 2. The third-order valence-electron chi connectivity index (χ3n) is 5.52. The Morgan fingerprint density at radius 1 is 1.35 bits per heavy atom. The van der Waals surface area contributed by atoms with Crippen LogP contribution < -0.4 is 5.32 Å². The van der Waals surface area contributed by atoms with Gasteiger partial charge in [-0.25, -0.2) is 9.37 Å². The molecule has 0 amide bonds. The van der Waals surface area contributed by atoms with Crippen molar-refractivity contribution in [1.82, 2.24) is 15.3 Å². The number of methoxy groups -OCH3 is 1. The van der Waals surface area contributed by atoms with Crippen LogP contribution in [-0.2, 0) is 10.3 Å². The van der Waals surface area contributed by atoms with Gasteiger partial charge < -0.3 is 15.0 Å². The van der Waals surface area contributed by atoms with E-state index < -0.39 is 5.60 Å². The van der Waals surface area contributed by atoms with E-state index in [1.165, 1.54) is 12.5 Å².